The van der Waals surface area contributed by atoms with Crippen LogP contribution in [0.5, 0.6) is 0 Å². The van der Waals surface area contributed by atoms with Gasteiger partial charge in [-0.05, 0) is 19.4 Å². The zero-order valence-corrected chi connectivity index (χ0v) is 5.98. The second-order valence-electron chi connectivity index (χ2n) is 2.28. The molecule has 56 valence electrons. The molecule has 1 aliphatic heterocycles. The highest BCUT2D eigenvalue weighted by Crippen LogP contribution is 2.06. The lowest BCUT2D eigenvalue weighted by Crippen LogP contribution is -2.33. The second-order valence-corrected chi connectivity index (χ2v) is 2.28. The van der Waals surface area contributed by atoms with Crippen LogP contribution in [0, 0.1) is 0 Å². The van der Waals surface area contributed by atoms with Crippen LogP contribution in [-0.4, -0.2) is 12.0 Å². The molecular weight excluding hydrogens is 133 g/mol. The summed E-state index contributed by atoms with van der Waals surface area (Å²) in [5, 5.41) is 2.65. The van der Waals surface area contributed by atoms with Crippen molar-refractivity contribution in [2.45, 2.75) is 19.9 Å². The molecule has 2 N–H and O–H groups in total. The Labute approximate surface area is 59.0 Å². The number of nitrogens with zero attached hydrogens (tertiary/aromatic N) is 1. The molecule has 1 aliphatic rings. The van der Waals surface area contributed by atoms with Crippen LogP contribution in [0.1, 0.15) is 13.8 Å². The van der Waals surface area contributed by atoms with Gasteiger partial charge in [-0.1, -0.05) is 0 Å². The average Bonchev–Trinajstić information content (AvgIpc) is 1.95. The fraction of sp³-hybridized carbons (Fsp3) is 0.500. The maximum absolute atomic E-state index is 11.7. The molecule has 0 amide bonds. The van der Waals surface area contributed by atoms with Gasteiger partial charge in [0.15, 0.2) is 0 Å². The molecule has 0 radical (unpaired) electrons. The number of aliphatic imine (C=N–C) groups is 1. The van der Waals surface area contributed by atoms with Crippen LogP contribution in [0.25, 0.3) is 0 Å². The highest BCUT2D eigenvalue weighted by atomic mass is 19.2. The highest BCUT2D eigenvalue weighted by Gasteiger charge is 2.08. The predicted molar refractivity (Wildman–Crippen MR) is 38.0 cm³/mol. The minimum atomic E-state index is 0.0690. The van der Waals surface area contributed by atoms with E-state index in [0.717, 1.165) is 5.57 Å². The van der Waals surface area contributed by atoms with Gasteiger partial charge in [0.05, 0.1) is 6.04 Å². The summed E-state index contributed by atoms with van der Waals surface area (Å²) >= 11 is 0. The molecule has 1 rings (SSSR count). The van der Waals surface area contributed by atoms with Crippen molar-refractivity contribution in [2.24, 2.45) is 4.99 Å². The van der Waals surface area contributed by atoms with Gasteiger partial charge in [0.2, 0.25) is 5.96 Å². The van der Waals surface area contributed by atoms with Crippen molar-refractivity contribution in [1.29, 1.82) is 0 Å². The smallest absolute Gasteiger partial charge is 0.224 e. The van der Waals surface area contributed by atoms with E-state index >= 15 is 0 Å². The summed E-state index contributed by atoms with van der Waals surface area (Å²) in [7, 11) is 0. The lowest BCUT2D eigenvalue weighted by molar-refractivity contribution is 0.423. The summed E-state index contributed by atoms with van der Waals surface area (Å²) in [5.41, 5.74) is 2.55. The molecule has 0 fully saturated rings. The predicted octanol–water partition coefficient (Wildman–Crippen LogP) is 0.712. The van der Waals surface area contributed by atoms with Crippen molar-refractivity contribution >= 4 is 5.96 Å². The Balaban J connectivity index is 2.64. The molecule has 0 aliphatic carbocycles. The Hall–Kier alpha value is -1.06. The van der Waals surface area contributed by atoms with Crippen LogP contribution in [-0.2, 0) is 0 Å². The van der Waals surface area contributed by atoms with E-state index in [1.165, 1.54) is 5.54 Å². The van der Waals surface area contributed by atoms with Crippen LogP contribution in [0.3, 0.4) is 0 Å². The van der Waals surface area contributed by atoms with Crippen molar-refractivity contribution < 1.29 is 4.48 Å². The van der Waals surface area contributed by atoms with E-state index in [9.17, 15) is 4.48 Å². The van der Waals surface area contributed by atoms with Crippen LogP contribution in [0.4, 0.5) is 4.48 Å². The molecule has 4 heteroatoms. The van der Waals surface area contributed by atoms with E-state index in [2.05, 4.69) is 10.3 Å². The highest BCUT2D eigenvalue weighted by molar-refractivity contribution is 5.81. The zero-order valence-electron chi connectivity index (χ0n) is 5.98. The molecule has 0 saturated carbocycles. The fourth-order valence-corrected chi connectivity index (χ4v) is 0.687. The zero-order chi connectivity index (χ0) is 7.56. The first-order valence-electron chi connectivity index (χ1n) is 3.11. The van der Waals surface area contributed by atoms with Gasteiger partial charge in [-0.15, -0.1) is 4.48 Å². The van der Waals surface area contributed by atoms with E-state index in [0.29, 0.717) is 0 Å². The second kappa shape index (κ2) is 2.68. The largest absolute Gasteiger partial charge is 0.331 e. The number of halogens is 1. The average molecular weight is 143 g/mol. The van der Waals surface area contributed by atoms with Crippen molar-refractivity contribution in [1.82, 2.24) is 10.9 Å². The number of rotatable bonds is 0. The molecule has 0 saturated heterocycles. The Morgan fingerprint density at radius 3 is 3.00 bits per heavy atom. The SMILES string of the molecule is CC1=CNC(NF)=NC1C. The Kier molecular flexibility index (Phi) is 1.89. The standard InChI is InChI=1S/C6H10FN3/c1-4-3-8-6(10-7)9-5(4)2/h3,5H,1-2H3,(H2,8,9,10). The minimum absolute atomic E-state index is 0.0690. The summed E-state index contributed by atoms with van der Waals surface area (Å²) < 4.78 is 11.7. The minimum Gasteiger partial charge on any atom is -0.331 e. The fourth-order valence-electron chi connectivity index (χ4n) is 0.687. The first-order valence-corrected chi connectivity index (χ1v) is 3.11. The number of guanidine groups is 1. The van der Waals surface area contributed by atoms with E-state index in [4.69, 9.17) is 0 Å². The van der Waals surface area contributed by atoms with Crippen LogP contribution < -0.4 is 10.9 Å². The Bertz CT molecular complexity index is 185. The molecule has 10 heavy (non-hydrogen) atoms. The molecular formula is C6H10FN3. The topological polar surface area (TPSA) is 36.4 Å². The third-order valence-electron chi connectivity index (χ3n) is 1.51. The summed E-state index contributed by atoms with van der Waals surface area (Å²) in [4.78, 5) is 3.93. The van der Waals surface area contributed by atoms with Crippen molar-refractivity contribution in [3.05, 3.63) is 11.8 Å². The number of hydrogen-bond donors (Lipinski definition) is 2. The lowest BCUT2D eigenvalue weighted by Gasteiger charge is -2.15. The third-order valence-corrected chi connectivity index (χ3v) is 1.51. The summed E-state index contributed by atoms with van der Waals surface area (Å²) in [6, 6.07) is 0.0690. The van der Waals surface area contributed by atoms with Crippen LogP contribution >= 0.6 is 0 Å². The summed E-state index contributed by atoms with van der Waals surface area (Å²) in [6.07, 6.45) is 1.74. The van der Waals surface area contributed by atoms with Gasteiger partial charge in [-0.25, -0.2) is 4.99 Å². The van der Waals surface area contributed by atoms with Crippen molar-refractivity contribution in [2.75, 3.05) is 0 Å². The first-order chi connectivity index (χ1) is 4.74. The number of nitrogens with one attached hydrogen (secondary N) is 2. The summed E-state index contributed by atoms with van der Waals surface area (Å²) in [5.74, 6) is 0.179. The normalized spacial score (nSPS) is 24.5. The van der Waals surface area contributed by atoms with E-state index in [1.807, 2.05) is 13.8 Å². The third kappa shape index (κ3) is 1.26. The van der Waals surface area contributed by atoms with Crippen LogP contribution in [0.2, 0.25) is 0 Å². The molecule has 0 bridgehead atoms. The molecule has 0 aromatic carbocycles. The van der Waals surface area contributed by atoms with E-state index < -0.39 is 0 Å². The van der Waals surface area contributed by atoms with Gasteiger partial charge in [0.25, 0.3) is 0 Å². The number of hydrogen-bond acceptors (Lipinski definition) is 3. The van der Waals surface area contributed by atoms with E-state index in [1.54, 1.807) is 6.20 Å². The maximum Gasteiger partial charge on any atom is 0.224 e. The molecule has 0 aromatic heterocycles. The van der Waals surface area contributed by atoms with Gasteiger partial charge >= 0.3 is 0 Å². The van der Waals surface area contributed by atoms with Gasteiger partial charge in [-0.3, -0.25) is 0 Å². The molecule has 0 spiro atoms. The van der Waals surface area contributed by atoms with Gasteiger partial charge in [0.1, 0.15) is 0 Å². The Morgan fingerprint density at radius 1 is 1.80 bits per heavy atom. The van der Waals surface area contributed by atoms with Crippen molar-refractivity contribution in [3.8, 4) is 0 Å². The van der Waals surface area contributed by atoms with Gasteiger partial charge in [-0.2, -0.15) is 5.54 Å². The molecule has 1 unspecified atom stereocenters. The monoisotopic (exact) mass is 143 g/mol. The molecule has 1 atom stereocenters. The van der Waals surface area contributed by atoms with E-state index in [-0.39, 0.29) is 12.0 Å². The molecule has 3 nitrogen and oxygen atoms in total. The van der Waals surface area contributed by atoms with Crippen LogP contribution in [0.15, 0.2) is 16.8 Å². The van der Waals surface area contributed by atoms with Gasteiger partial charge in [0, 0.05) is 6.20 Å². The Morgan fingerprint density at radius 2 is 2.50 bits per heavy atom. The van der Waals surface area contributed by atoms with Gasteiger partial charge < -0.3 is 5.32 Å². The lowest BCUT2D eigenvalue weighted by atomic mass is 10.2. The molecule has 0 aromatic rings. The summed E-state index contributed by atoms with van der Waals surface area (Å²) in [6.45, 7) is 3.85. The maximum atomic E-state index is 11.7. The van der Waals surface area contributed by atoms with Crippen molar-refractivity contribution in [3.63, 3.8) is 0 Å². The quantitative estimate of drug-likeness (QED) is 0.490. The first kappa shape index (κ1) is 7.05. The molecule has 1 heterocycles.